The molecule has 0 spiro atoms. The molecule has 1 fully saturated rings. The van der Waals surface area contributed by atoms with Crippen LogP contribution in [-0.4, -0.2) is 55.0 Å². The van der Waals surface area contributed by atoms with Gasteiger partial charge in [-0.25, -0.2) is 0 Å². The Morgan fingerprint density at radius 2 is 1.58 bits per heavy atom. The third-order valence-corrected chi connectivity index (χ3v) is 5.48. The second-order valence-corrected chi connectivity index (χ2v) is 7.61. The molecule has 0 radical (unpaired) electrons. The van der Waals surface area contributed by atoms with Gasteiger partial charge in [0.2, 0.25) is 5.91 Å². The highest BCUT2D eigenvalue weighted by atomic mass is 19.3. The molecule has 0 unspecified atom stereocenters. The monoisotopic (exact) mass is 425 g/mol. The van der Waals surface area contributed by atoms with E-state index >= 15 is 0 Å². The summed E-state index contributed by atoms with van der Waals surface area (Å²) in [5, 5.41) is 5.20. The molecule has 31 heavy (non-hydrogen) atoms. The minimum absolute atomic E-state index is 0.0363. The van der Waals surface area contributed by atoms with Crippen molar-refractivity contribution >= 4 is 22.4 Å². The standard InChI is InChI=1S/C24H25F2N3O2/c25-24(26)31-22-11-4-3-10-21(22)27-23(30)17-29-14-12-28(13-15-29)16-19-8-5-7-18-6-1-2-9-20(18)19/h1-11,24H,12-17H2,(H,27,30). The number of para-hydroxylation sites is 2. The van der Waals surface area contributed by atoms with Crippen molar-refractivity contribution in [2.45, 2.75) is 13.2 Å². The summed E-state index contributed by atoms with van der Waals surface area (Å²) in [7, 11) is 0. The Bertz CT molecular complexity index is 1030. The van der Waals surface area contributed by atoms with Crippen molar-refractivity contribution in [3.63, 3.8) is 0 Å². The molecule has 5 nitrogen and oxygen atoms in total. The highest BCUT2D eigenvalue weighted by Gasteiger charge is 2.20. The first-order chi connectivity index (χ1) is 15.1. The first-order valence-corrected chi connectivity index (χ1v) is 10.3. The molecule has 1 aliphatic rings. The Labute approximate surface area is 180 Å². The Morgan fingerprint density at radius 1 is 0.903 bits per heavy atom. The number of nitrogens with one attached hydrogen (secondary N) is 1. The van der Waals surface area contributed by atoms with Gasteiger partial charge in [-0.1, -0.05) is 54.6 Å². The van der Waals surface area contributed by atoms with E-state index in [1.165, 1.54) is 22.4 Å². The van der Waals surface area contributed by atoms with Crippen LogP contribution in [0, 0.1) is 0 Å². The van der Waals surface area contributed by atoms with Gasteiger partial charge in [0, 0.05) is 32.7 Å². The number of piperazine rings is 1. The molecule has 7 heteroatoms. The molecule has 3 aromatic carbocycles. The van der Waals surface area contributed by atoms with E-state index in [0.717, 1.165) is 32.7 Å². The van der Waals surface area contributed by atoms with E-state index in [2.05, 4.69) is 56.3 Å². The number of benzene rings is 3. The third-order valence-electron chi connectivity index (χ3n) is 5.48. The Hall–Kier alpha value is -3.03. The van der Waals surface area contributed by atoms with E-state index in [-0.39, 0.29) is 23.9 Å². The molecule has 1 saturated heterocycles. The van der Waals surface area contributed by atoms with Crippen LogP contribution in [-0.2, 0) is 11.3 Å². The number of anilines is 1. The summed E-state index contributed by atoms with van der Waals surface area (Å²) in [6.45, 7) is 1.42. The van der Waals surface area contributed by atoms with E-state index in [1.807, 2.05) is 6.07 Å². The molecule has 1 heterocycles. The molecular formula is C24H25F2N3O2. The average molecular weight is 425 g/mol. The average Bonchev–Trinajstić information content (AvgIpc) is 2.76. The number of amides is 1. The van der Waals surface area contributed by atoms with Crippen molar-refractivity contribution in [2.75, 3.05) is 38.0 Å². The zero-order valence-corrected chi connectivity index (χ0v) is 17.1. The van der Waals surface area contributed by atoms with Gasteiger partial charge in [-0.15, -0.1) is 0 Å². The largest absolute Gasteiger partial charge is 0.433 e. The third kappa shape index (κ3) is 5.57. The smallest absolute Gasteiger partial charge is 0.387 e. The number of hydrogen-bond acceptors (Lipinski definition) is 4. The number of ether oxygens (including phenoxy) is 1. The number of carbonyl (C=O) groups is 1. The number of alkyl halides is 2. The highest BCUT2D eigenvalue weighted by molar-refractivity contribution is 5.93. The predicted octanol–water partition coefficient (Wildman–Crippen LogP) is 4.20. The van der Waals surface area contributed by atoms with E-state index < -0.39 is 6.61 Å². The van der Waals surface area contributed by atoms with Crippen LogP contribution >= 0.6 is 0 Å². The number of hydrogen-bond donors (Lipinski definition) is 1. The van der Waals surface area contributed by atoms with Gasteiger partial charge < -0.3 is 10.1 Å². The Balaban J connectivity index is 1.29. The molecule has 4 rings (SSSR count). The van der Waals surface area contributed by atoms with Crippen molar-refractivity contribution in [2.24, 2.45) is 0 Å². The Morgan fingerprint density at radius 3 is 2.39 bits per heavy atom. The van der Waals surface area contributed by atoms with Crippen LogP contribution in [0.3, 0.4) is 0 Å². The maximum atomic E-state index is 12.5. The molecule has 1 aliphatic heterocycles. The topological polar surface area (TPSA) is 44.8 Å². The zero-order valence-electron chi connectivity index (χ0n) is 17.1. The summed E-state index contributed by atoms with van der Waals surface area (Å²) in [5.41, 5.74) is 1.56. The molecule has 162 valence electrons. The molecule has 0 aromatic heterocycles. The maximum Gasteiger partial charge on any atom is 0.387 e. The van der Waals surface area contributed by atoms with Crippen molar-refractivity contribution in [1.82, 2.24) is 9.80 Å². The van der Waals surface area contributed by atoms with Crippen LogP contribution in [0.5, 0.6) is 5.75 Å². The van der Waals surface area contributed by atoms with Gasteiger partial charge in [0.15, 0.2) is 0 Å². The molecule has 3 aromatic rings. The predicted molar refractivity (Wildman–Crippen MR) is 117 cm³/mol. The summed E-state index contributed by atoms with van der Waals surface area (Å²) >= 11 is 0. The lowest BCUT2D eigenvalue weighted by molar-refractivity contribution is -0.117. The first kappa shape index (κ1) is 21.2. The fraction of sp³-hybridized carbons (Fsp3) is 0.292. The van der Waals surface area contributed by atoms with E-state index in [4.69, 9.17) is 0 Å². The SMILES string of the molecule is O=C(CN1CCN(Cc2cccc3ccccc23)CC1)Nc1ccccc1OC(F)F. The lowest BCUT2D eigenvalue weighted by Gasteiger charge is -2.34. The summed E-state index contributed by atoms with van der Waals surface area (Å²) < 4.78 is 29.6. The van der Waals surface area contributed by atoms with Crippen molar-refractivity contribution in [3.05, 3.63) is 72.3 Å². The highest BCUT2D eigenvalue weighted by Crippen LogP contribution is 2.25. The lowest BCUT2D eigenvalue weighted by atomic mass is 10.0. The van der Waals surface area contributed by atoms with Crippen LogP contribution in [0.1, 0.15) is 5.56 Å². The number of carbonyl (C=O) groups excluding carboxylic acids is 1. The second-order valence-electron chi connectivity index (χ2n) is 7.61. The van der Waals surface area contributed by atoms with E-state index in [9.17, 15) is 13.6 Å². The molecule has 0 saturated carbocycles. The molecule has 0 bridgehead atoms. The molecular weight excluding hydrogens is 400 g/mol. The summed E-state index contributed by atoms with van der Waals surface area (Å²) in [6.07, 6.45) is 0. The van der Waals surface area contributed by atoms with Crippen molar-refractivity contribution < 1.29 is 18.3 Å². The van der Waals surface area contributed by atoms with Gasteiger partial charge in [-0.05, 0) is 28.5 Å². The molecule has 0 atom stereocenters. The number of rotatable bonds is 7. The summed E-state index contributed by atoms with van der Waals surface area (Å²) in [6, 6.07) is 21.0. The van der Waals surface area contributed by atoms with Crippen molar-refractivity contribution in [3.8, 4) is 5.75 Å². The van der Waals surface area contributed by atoms with Gasteiger partial charge in [0.1, 0.15) is 5.75 Å². The van der Waals surface area contributed by atoms with Crippen LogP contribution in [0.15, 0.2) is 66.7 Å². The number of fused-ring (bicyclic) bond motifs is 1. The first-order valence-electron chi connectivity index (χ1n) is 10.3. The van der Waals surface area contributed by atoms with Gasteiger partial charge in [-0.3, -0.25) is 14.6 Å². The van der Waals surface area contributed by atoms with E-state index in [1.54, 1.807) is 18.2 Å². The minimum Gasteiger partial charge on any atom is -0.433 e. The lowest BCUT2D eigenvalue weighted by Crippen LogP contribution is -2.48. The fourth-order valence-electron chi connectivity index (χ4n) is 3.94. The normalized spacial score (nSPS) is 15.3. The number of halogens is 2. The molecule has 1 N–H and O–H groups in total. The van der Waals surface area contributed by atoms with Crippen molar-refractivity contribution in [1.29, 1.82) is 0 Å². The molecule has 0 aliphatic carbocycles. The van der Waals surface area contributed by atoms with Gasteiger partial charge in [0.25, 0.3) is 0 Å². The summed E-state index contributed by atoms with van der Waals surface area (Å²) in [4.78, 5) is 16.9. The van der Waals surface area contributed by atoms with Gasteiger partial charge in [-0.2, -0.15) is 8.78 Å². The van der Waals surface area contributed by atoms with Crippen LogP contribution in [0.25, 0.3) is 10.8 Å². The van der Waals surface area contributed by atoms with E-state index in [0.29, 0.717) is 0 Å². The maximum absolute atomic E-state index is 12.5. The zero-order chi connectivity index (χ0) is 21.6. The fourth-order valence-corrected chi connectivity index (χ4v) is 3.94. The van der Waals surface area contributed by atoms with Gasteiger partial charge >= 0.3 is 6.61 Å². The minimum atomic E-state index is -2.94. The number of nitrogens with zero attached hydrogens (tertiary/aromatic N) is 2. The van der Waals surface area contributed by atoms with Crippen LogP contribution < -0.4 is 10.1 Å². The summed E-state index contributed by atoms with van der Waals surface area (Å²) in [5.74, 6) is -0.279. The van der Waals surface area contributed by atoms with Crippen LogP contribution in [0.2, 0.25) is 0 Å². The van der Waals surface area contributed by atoms with Crippen LogP contribution in [0.4, 0.5) is 14.5 Å². The quantitative estimate of drug-likeness (QED) is 0.616. The Kier molecular flexibility index (Phi) is 6.74. The van der Waals surface area contributed by atoms with Gasteiger partial charge in [0.05, 0.1) is 12.2 Å². The molecule has 1 amide bonds. The second kappa shape index (κ2) is 9.85.